The van der Waals surface area contributed by atoms with Gasteiger partial charge in [0.05, 0.1) is 6.54 Å². The number of anilines is 1. The molecule has 2 rings (SSSR count). The van der Waals surface area contributed by atoms with Crippen molar-refractivity contribution < 1.29 is 4.79 Å². The van der Waals surface area contributed by atoms with Crippen molar-refractivity contribution in [2.45, 2.75) is 18.9 Å². The Balaban J connectivity index is 1.75. The first-order valence-corrected chi connectivity index (χ1v) is 6.47. The van der Waals surface area contributed by atoms with Crippen LogP contribution >= 0.6 is 15.9 Å². The Morgan fingerprint density at radius 3 is 2.53 bits per heavy atom. The van der Waals surface area contributed by atoms with Gasteiger partial charge in [-0.05, 0) is 37.1 Å². The van der Waals surface area contributed by atoms with Crippen LogP contribution in [0.5, 0.6) is 0 Å². The van der Waals surface area contributed by atoms with Crippen LogP contribution in [0.4, 0.5) is 5.69 Å². The highest BCUT2D eigenvalue weighted by molar-refractivity contribution is 9.10. The van der Waals surface area contributed by atoms with Crippen LogP contribution in [0.1, 0.15) is 12.8 Å². The van der Waals surface area contributed by atoms with E-state index in [9.17, 15) is 4.79 Å². The summed E-state index contributed by atoms with van der Waals surface area (Å²) >= 11 is 3.36. The molecule has 1 aliphatic rings. The minimum absolute atomic E-state index is 0.000720. The van der Waals surface area contributed by atoms with Gasteiger partial charge in [-0.25, -0.2) is 0 Å². The van der Waals surface area contributed by atoms with Gasteiger partial charge in [0.15, 0.2) is 0 Å². The van der Waals surface area contributed by atoms with Gasteiger partial charge in [-0.15, -0.1) is 0 Å². The van der Waals surface area contributed by atoms with Crippen LogP contribution in [0.25, 0.3) is 0 Å². The zero-order valence-electron chi connectivity index (χ0n) is 9.45. The van der Waals surface area contributed by atoms with Gasteiger partial charge >= 0.3 is 0 Å². The first kappa shape index (κ1) is 12.3. The molecule has 1 aliphatic carbocycles. The maximum Gasteiger partial charge on any atom is 0.238 e. The number of carbonyl (C=O) groups is 1. The van der Waals surface area contributed by atoms with Crippen LogP contribution in [0, 0.1) is 0 Å². The Morgan fingerprint density at radius 1 is 1.24 bits per heavy atom. The molecular formula is C13H15BrN2O. The molecule has 17 heavy (non-hydrogen) atoms. The summed E-state index contributed by atoms with van der Waals surface area (Å²) < 4.78 is 1.01. The van der Waals surface area contributed by atoms with Crippen LogP contribution in [0.2, 0.25) is 0 Å². The summed E-state index contributed by atoms with van der Waals surface area (Å²) in [6.45, 7) is 0.364. The molecule has 0 atom stereocenters. The fraction of sp³-hybridized carbons (Fsp3) is 0.308. The normalized spacial score (nSPS) is 15.1. The average Bonchev–Trinajstić information content (AvgIpc) is 2.83. The fourth-order valence-corrected chi connectivity index (χ4v) is 2.02. The van der Waals surface area contributed by atoms with Crippen molar-refractivity contribution in [2.24, 2.45) is 0 Å². The molecule has 1 aromatic rings. The first-order chi connectivity index (χ1) is 8.24. The lowest BCUT2D eigenvalue weighted by molar-refractivity contribution is -0.115. The molecule has 0 saturated heterocycles. The number of carbonyl (C=O) groups excluding carboxylic acids is 1. The van der Waals surface area contributed by atoms with E-state index in [4.69, 9.17) is 0 Å². The van der Waals surface area contributed by atoms with Crippen molar-refractivity contribution in [3.63, 3.8) is 0 Å². The van der Waals surface area contributed by atoms with E-state index in [0.717, 1.165) is 23.0 Å². The minimum Gasteiger partial charge on any atom is -0.325 e. The summed E-state index contributed by atoms with van der Waals surface area (Å²) in [5.41, 5.74) is 0.824. The molecule has 1 amide bonds. The molecule has 0 bridgehead atoms. The van der Waals surface area contributed by atoms with Gasteiger partial charge in [0.25, 0.3) is 0 Å². The molecule has 0 fully saturated rings. The van der Waals surface area contributed by atoms with Crippen LogP contribution < -0.4 is 10.6 Å². The second-order valence-electron chi connectivity index (χ2n) is 4.08. The van der Waals surface area contributed by atoms with Gasteiger partial charge in [0.2, 0.25) is 5.91 Å². The number of benzene rings is 1. The molecule has 0 saturated carbocycles. The summed E-state index contributed by atoms with van der Waals surface area (Å²) in [6, 6.07) is 7.98. The lowest BCUT2D eigenvalue weighted by Gasteiger charge is -2.11. The van der Waals surface area contributed by atoms with Gasteiger partial charge < -0.3 is 10.6 Å². The average molecular weight is 295 g/mol. The first-order valence-electron chi connectivity index (χ1n) is 5.68. The Kier molecular flexibility index (Phi) is 4.34. The van der Waals surface area contributed by atoms with Crippen molar-refractivity contribution in [1.82, 2.24) is 5.32 Å². The SMILES string of the molecule is O=C(CNC1CC=CC1)Nc1ccc(Br)cc1. The zero-order chi connectivity index (χ0) is 12.1. The second-order valence-corrected chi connectivity index (χ2v) is 4.99. The number of nitrogens with one attached hydrogen (secondary N) is 2. The Hall–Kier alpha value is -1.13. The van der Waals surface area contributed by atoms with E-state index < -0.39 is 0 Å². The van der Waals surface area contributed by atoms with E-state index in [0.29, 0.717) is 12.6 Å². The topological polar surface area (TPSA) is 41.1 Å². The smallest absolute Gasteiger partial charge is 0.238 e. The van der Waals surface area contributed by atoms with E-state index in [2.05, 4.69) is 38.7 Å². The minimum atomic E-state index is -0.000720. The summed E-state index contributed by atoms with van der Waals surface area (Å²) in [4.78, 5) is 11.6. The third kappa shape index (κ3) is 3.98. The van der Waals surface area contributed by atoms with E-state index >= 15 is 0 Å². The maximum atomic E-state index is 11.6. The highest BCUT2D eigenvalue weighted by atomic mass is 79.9. The van der Waals surface area contributed by atoms with Crippen LogP contribution in [-0.2, 0) is 4.79 Å². The van der Waals surface area contributed by atoms with Gasteiger partial charge in [-0.3, -0.25) is 4.79 Å². The van der Waals surface area contributed by atoms with Crippen LogP contribution in [0.3, 0.4) is 0 Å². The van der Waals surface area contributed by atoms with Gasteiger partial charge in [-0.1, -0.05) is 28.1 Å². The molecule has 2 N–H and O–H groups in total. The molecule has 90 valence electrons. The zero-order valence-corrected chi connectivity index (χ0v) is 11.0. The summed E-state index contributed by atoms with van der Waals surface area (Å²) in [6.07, 6.45) is 6.33. The van der Waals surface area contributed by atoms with Crippen molar-refractivity contribution >= 4 is 27.5 Å². The molecule has 4 heteroatoms. The maximum absolute atomic E-state index is 11.6. The third-order valence-corrected chi connectivity index (χ3v) is 3.22. The highest BCUT2D eigenvalue weighted by Gasteiger charge is 2.10. The fourth-order valence-electron chi connectivity index (χ4n) is 1.76. The molecule has 3 nitrogen and oxygen atoms in total. The van der Waals surface area contributed by atoms with E-state index in [1.54, 1.807) is 0 Å². The largest absolute Gasteiger partial charge is 0.325 e. The van der Waals surface area contributed by atoms with Gasteiger partial charge in [0, 0.05) is 16.2 Å². The number of halogens is 1. The standard InChI is InChI=1S/C13H15BrN2O/c14-10-5-7-12(8-6-10)16-13(17)9-15-11-3-1-2-4-11/h1-2,5-8,11,15H,3-4,9H2,(H,16,17). The molecule has 0 spiro atoms. The molecule has 1 aromatic carbocycles. The monoisotopic (exact) mass is 294 g/mol. The Morgan fingerprint density at radius 2 is 1.88 bits per heavy atom. The molecule has 0 unspecified atom stereocenters. The lowest BCUT2D eigenvalue weighted by atomic mass is 10.2. The van der Waals surface area contributed by atoms with Crippen LogP contribution in [0.15, 0.2) is 40.9 Å². The van der Waals surface area contributed by atoms with E-state index in [1.165, 1.54) is 0 Å². The molecule has 0 radical (unpaired) electrons. The Bertz CT molecular complexity index is 406. The predicted octanol–water partition coefficient (Wildman–Crippen LogP) is 2.70. The molecule has 0 heterocycles. The van der Waals surface area contributed by atoms with Crippen molar-refractivity contribution in [2.75, 3.05) is 11.9 Å². The quantitative estimate of drug-likeness (QED) is 0.839. The third-order valence-electron chi connectivity index (χ3n) is 2.69. The summed E-state index contributed by atoms with van der Waals surface area (Å²) in [5, 5.41) is 6.08. The lowest BCUT2D eigenvalue weighted by Crippen LogP contribution is -2.34. The highest BCUT2D eigenvalue weighted by Crippen LogP contribution is 2.14. The van der Waals surface area contributed by atoms with Crippen molar-refractivity contribution in [3.05, 3.63) is 40.9 Å². The van der Waals surface area contributed by atoms with E-state index in [1.807, 2.05) is 24.3 Å². The summed E-state index contributed by atoms with van der Waals surface area (Å²) in [7, 11) is 0. The van der Waals surface area contributed by atoms with Gasteiger partial charge in [-0.2, -0.15) is 0 Å². The number of hydrogen-bond acceptors (Lipinski definition) is 2. The Labute approximate surface area is 109 Å². The predicted molar refractivity (Wildman–Crippen MR) is 72.9 cm³/mol. The number of hydrogen-bond donors (Lipinski definition) is 2. The second kappa shape index (κ2) is 5.98. The molecule has 0 aromatic heterocycles. The molecular weight excluding hydrogens is 280 g/mol. The van der Waals surface area contributed by atoms with E-state index in [-0.39, 0.29) is 5.91 Å². The van der Waals surface area contributed by atoms with Crippen molar-refractivity contribution in [1.29, 1.82) is 0 Å². The van der Waals surface area contributed by atoms with Crippen molar-refractivity contribution in [3.8, 4) is 0 Å². The number of amides is 1. The van der Waals surface area contributed by atoms with Gasteiger partial charge in [0.1, 0.15) is 0 Å². The number of rotatable bonds is 4. The molecule has 0 aliphatic heterocycles. The van der Waals surface area contributed by atoms with Crippen LogP contribution in [-0.4, -0.2) is 18.5 Å². The summed E-state index contributed by atoms with van der Waals surface area (Å²) in [5.74, 6) is -0.000720.